The molecule has 1 fully saturated rings. The summed E-state index contributed by atoms with van der Waals surface area (Å²) in [4.78, 5) is 2.06. The van der Waals surface area contributed by atoms with Crippen LogP contribution in [0.2, 0.25) is 0 Å². The maximum Gasteiger partial charge on any atom is 0.124 e. The molecule has 1 atom stereocenters. The van der Waals surface area contributed by atoms with Crippen LogP contribution in [0, 0.1) is 17.1 Å². The molecule has 1 aliphatic heterocycles. The van der Waals surface area contributed by atoms with Gasteiger partial charge in [-0.1, -0.05) is 0 Å². The van der Waals surface area contributed by atoms with Crippen molar-refractivity contribution in [1.29, 1.82) is 5.26 Å². The number of hydrogen-bond acceptors (Lipinski definition) is 3. The molecule has 4 heteroatoms. The molecule has 84 valence electrons. The first-order valence-corrected chi connectivity index (χ1v) is 5.27. The van der Waals surface area contributed by atoms with Gasteiger partial charge in [0.05, 0.1) is 17.7 Å². The summed E-state index contributed by atoms with van der Waals surface area (Å²) in [6.07, 6.45) is 0.490. The molecule has 0 radical (unpaired) electrons. The Balaban J connectivity index is 2.10. The molecule has 3 nitrogen and oxygen atoms in total. The number of nitrogens with zero attached hydrogens (tertiary/aromatic N) is 2. The first-order chi connectivity index (χ1) is 7.67. The number of nitriles is 1. The third kappa shape index (κ3) is 2.57. The lowest BCUT2D eigenvalue weighted by Crippen LogP contribution is -2.21. The van der Waals surface area contributed by atoms with Gasteiger partial charge < -0.3 is 5.11 Å². The summed E-state index contributed by atoms with van der Waals surface area (Å²) in [7, 11) is 0. The number of halogens is 1. The van der Waals surface area contributed by atoms with Gasteiger partial charge in [-0.15, -0.1) is 0 Å². The predicted octanol–water partition coefficient (Wildman–Crippen LogP) is 1.26. The smallest absolute Gasteiger partial charge is 0.124 e. The lowest BCUT2D eigenvalue weighted by molar-refractivity contribution is 0.175. The zero-order valence-electron chi connectivity index (χ0n) is 8.86. The number of rotatable bonds is 2. The van der Waals surface area contributed by atoms with Crippen molar-refractivity contribution in [3.63, 3.8) is 0 Å². The summed E-state index contributed by atoms with van der Waals surface area (Å²) in [5.41, 5.74) is 1.13. The Bertz CT molecular complexity index is 428. The molecule has 2 rings (SSSR count). The van der Waals surface area contributed by atoms with Crippen molar-refractivity contribution < 1.29 is 9.50 Å². The predicted molar refractivity (Wildman–Crippen MR) is 57.0 cm³/mol. The van der Waals surface area contributed by atoms with E-state index in [-0.39, 0.29) is 11.9 Å². The van der Waals surface area contributed by atoms with Crippen molar-refractivity contribution in [2.75, 3.05) is 13.1 Å². The first kappa shape index (κ1) is 11.1. The Hall–Kier alpha value is -1.44. The Kier molecular flexibility index (Phi) is 3.18. The minimum atomic E-state index is -0.381. The van der Waals surface area contributed by atoms with Crippen molar-refractivity contribution in [3.8, 4) is 6.07 Å². The highest BCUT2D eigenvalue weighted by Crippen LogP contribution is 2.15. The maximum absolute atomic E-state index is 13.1. The zero-order valence-corrected chi connectivity index (χ0v) is 8.86. The van der Waals surface area contributed by atoms with Gasteiger partial charge in [0.15, 0.2) is 0 Å². The molecule has 0 amide bonds. The minimum Gasteiger partial charge on any atom is -0.392 e. The van der Waals surface area contributed by atoms with Crippen LogP contribution in [0.5, 0.6) is 0 Å². The van der Waals surface area contributed by atoms with Gasteiger partial charge in [-0.25, -0.2) is 4.39 Å². The number of β-amino-alcohol motifs (C(OH)–C–C–N with tert-alkyl or cyclic N) is 1. The van der Waals surface area contributed by atoms with Crippen molar-refractivity contribution in [1.82, 2.24) is 4.90 Å². The second kappa shape index (κ2) is 4.60. The van der Waals surface area contributed by atoms with Crippen LogP contribution < -0.4 is 0 Å². The molecule has 0 aliphatic carbocycles. The minimum absolute atomic E-state index is 0.274. The van der Waals surface area contributed by atoms with E-state index in [1.807, 2.05) is 6.07 Å². The molecule has 0 aromatic heterocycles. The van der Waals surface area contributed by atoms with E-state index < -0.39 is 0 Å². The van der Waals surface area contributed by atoms with Gasteiger partial charge in [-0.3, -0.25) is 4.90 Å². The maximum atomic E-state index is 13.1. The van der Waals surface area contributed by atoms with E-state index in [0.717, 1.165) is 18.5 Å². The molecule has 1 aliphatic rings. The van der Waals surface area contributed by atoms with Crippen LogP contribution in [0.25, 0.3) is 0 Å². The molecular formula is C12H13FN2O. The first-order valence-electron chi connectivity index (χ1n) is 5.27. The molecule has 1 aromatic carbocycles. The topological polar surface area (TPSA) is 47.3 Å². The van der Waals surface area contributed by atoms with Crippen LogP contribution in [-0.2, 0) is 6.54 Å². The fourth-order valence-electron chi connectivity index (χ4n) is 2.02. The van der Waals surface area contributed by atoms with Crippen LogP contribution in [0.3, 0.4) is 0 Å². The molecule has 1 N–H and O–H groups in total. The van der Waals surface area contributed by atoms with E-state index in [1.54, 1.807) is 6.07 Å². The van der Waals surface area contributed by atoms with Gasteiger partial charge >= 0.3 is 0 Å². The fourth-order valence-corrected chi connectivity index (χ4v) is 2.02. The van der Waals surface area contributed by atoms with Gasteiger partial charge in [-0.2, -0.15) is 5.26 Å². The number of hydrogen-bond donors (Lipinski definition) is 1. The lowest BCUT2D eigenvalue weighted by atomic mass is 10.1. The van der Waals surface area contributed by atoms with Crippen LogP contribution in [-0.4, -0.2) is 29.2 Å². The standard InChI is InChI=1S/C12H13FN2O/c13-11-4-9(6-14)3-10(5-11)7-15-2-1-12(16)8-15/h3-5,12,16H,1-2,7-8H2/t12-/m0/s1. The van der Waals surface area contributed by atoms with Gasteiger partial charge in [0.1, 0.15) is 5.82 Å². The highest BCUT2D eigenvalue weighted by Gasteiger charge is 2.20. The van der Waals surface area contributed by atoms with Crippen LogP contribution in [0.15, 0.2) is 18.2 Å². The van der Waals surface area contributed by atoms with Crippen LogP contribution in [0.1, 0.15) is 17.5 Å². The molecule has 0 unspecified atom stereocenters. The average molecular weight is 220 g/mol. The zero-order chi connectivity index (χ0) is 11.5. The van der Waals surface area contributed by atoms with Gasteiger partial charge in [0.2, 0.25) is 0 Å². The fraction of sp³-hybridized carbons (Fsp3) is 0.417. The second-order valence-corrected chi connectivity index (χ2v) is 4.14. The van der Waals surface area contributed by atoms with Crippen LogP contribution >= 0.6 is 0 Å². The van der Waals surface area contributed by atoms with E-state index in [9.17, 15) is 9.50 Å². The highest BCUT2D eigenvalue weighted by molar-refractivity contribution is 5.33. The highest BCUT2D eigenvalue weighted by atomic mass is 19.1. The molecule has 0 saturated carbocycles. The lowest BCUT2D eigenvalue weighted by Gasteiger charge is -2.14. The third-order valence-corrected chi connectivity index (χ3v) is 2.74. The monoisotopic (exact) mass is 220 g/mol. The van der Waals surface area contributed by atoms with Gasteiger partial charge in [-0.05, 0) is 30.2 Å². The normalized spacial score (nSPS) is 20.9. The number of aliphatic hydroxyl groups is 1. The number of benzene rings is 1. The van der Waals surface area contributed by atoms with E-state index in [0.29, 0.717) is 18.7 Å². The summed E-state index contributed by atoms with van der Waals surface area (Å²) in [5, 5.41) is 18.1. The Labute approximate surface area is 93.7 Å². The van der Waals surface area contributed by atoms with Gasteiger partial charge in [0.25, 0.3) is 0 Å². The quantitative estimate of drug-likeness (QED) is 0.816. The second-order valence-electron chi connectivity index (χ2n) is 4.14. The molecule has 0 bridgehead atoms. The van der Waals surface area contributed by atoms with Crippen molar-refractivity contribution in [2.24, 2.45) is 0 Å². The van der Waals surface area contributed by atoms with E-state index >= 15 is 0 Å². The Morgan fingerprint density at radius 3 is 2.94 bits per heavy atom. The van der Waals surface area contributed by atoms with Gasteiger partial charge in [0, 0.05) is 19.6 Å². The van der Waals surface area contributed by atoms with Crippen LogP contribution in [0.4, 0.5) is 4.39 Å². The summed E-state index contributed by atoms with van der Waals surface area (Å²) in [6.45, 7) is 2.03. The number of aliphatic hydroxyl groups excluding tert-OH is 1. The molecule has 16 heavy (non-hydrogen) atoms. The average Bonchev–Trinajstić information content (AvgIpc) is 2.63. The number of likely N-dealkylation sites (tertiary alicyclic amines) is 1. The summed E-state index contributed by atoms with van der Waals surface area (Å²) < 4.78 is 13.1. The Morgan fingerprint density at radius 2 is 2.31 bits per heavy atom. The SMILES string of the molecule is N#Cc1cc(F)cc(CN2CC[C@H](O)C2)c1. The molecule has 1 saturated heterocycles. The van der Waals surface area contributed by atoms with E-state index in [1.165, 1.54) is 12.1 Å². The van der Waals surface area contributed by atoms with Crippen molar-refractivity contribution in [2.45, 2.75) is 19.1 Å². The largest absolute Gasteiger partial charge is 0.392 e. The summed E-state index contributed by atoms with van der Waals surface area (Å²) >= 11 is 0. The van der Waals surface area contributed by atoms with Crippen molar-refractivity contribution >= 4 is 0 Å². The van der Waals surface area contributed by atoms with E-state index in [4.69, 9.17) is 5.26 Å². The molecule has 1 aromatic rings. The molecule has 0 spiro atoms. The Morgan fingerprint density at radius 1 is 1.50 bits per heavy atom. The summed E-state index contributed by atoms with van der Waals surface area (Å²) in [6, 6.07) is 6.28. The molecular weight excluding hydrogens is 207 g/mol. The van der Waals surface area contributed by atoms with Crippen molar-refractivity contribution in [3.05, 3.63) is 35.1 Å². The molecule has 1 heterocycles. The summed E-state index contributed by atoms with van der Waals surface area (Å²) in [5.74, 6) is -0.381. The van der Waals surface area contributed by atoms with E-state index in [2.05, 4.69) is 4.90 Å². The third-order valence-electron chi connectivity index (χ3n) is 2.74.